The van der Waals surface area contributed by atoms with Crippen LogP contribution >= 0.6 is 0 Å². The van der Waals surface area contributed by atoms with Gasteiger partial charge in [0.1, 0.15) is 18.2 Å². The first-order chi connectivity index (χ1) is 12.7. The Balaban J connectivity index is 1.73. The molecule has 0 unspecified atom stereocenters. The predicted octanol–water partition coefficient (Wildman–Crippen LogP) is 7.17. The minimum absolute atomic E-state index is 0.0444. The molecule has 0 aromatic heterocycles. The van der Waals surface area contributed by atoms with Crippen molar-refractivity contribution in [1.29, 1.82) is 0 Å². The van der Waals surface area contributed by atoms with Gasteiger partial charge in [-0.1, -0.05) is 30.4 Å². The Kier molecular flexibility index (Phi) is 6.49. The van der Waals surface area contributed by atoms with Gasteiger partial charge in [-0.15, -0.1) is 6.58 Å². The van der Waals surface area contributed by atoms with Gasteiger partial charge in [0.05, 0.1) is 0 Å². The number of ether oxygens (including phenoxy) is 1. The average molecular weight is 352 g/mol. The third-order valence-corrected chi connectivity index (χ3v) is 5.60. The summed E-state index contributed by atoms with van der Waals surface area (Å²) in [6, 6.07) is 9.68. The first-order valence-corrected chi connectivity index (χ1v) is 9.80. The molecule has 2 heteroatoms. The zero-order valence-corrected chi connectivity index (χ0v) is 15.7. The fourth-order valence-electron chi connectivity index (χ4n) is 4.05. The SMILES string of the molecule is C=CCCC1CCC(c2ccc3cc(OCC=CC)ccc3c2F)CC1. The van der Waals surface area contributed by atoms with Crippen molar-refractivity contribution >= 4 is 10.8 Å². The molecule has 1 fully saturated rings. The van der Waals surface area contributed by atoms with Gasteiger partial charge in [-0.05, 0) is 86.4 Å². The Morgan fingerprint density at radius 2 is 1.96 bits per heavy atom. The second-order valence-electron chi connectivity index (χ2n) is 7.32. The summed E-state index contributed by atoms with van der Waals surface area (Å²) in [5.41, 5.74) is 0.891. The van der Waals surface area contributed by atoms with Crippen LogP contribution < -0.4 is 4.74 Å². The second-order valence-corrected chi connectivity index (χ2v) is 7.32. The predicted molar refractivity (Wildman–Crippen MR) is 108 cm³/mol. The van der Waals surface area contributed by atoms with Crippen LogP contribution in [-0.2, 0) is 0 Å². The summed E-state index contributed by atoms with van der Waals surface area (Å²) >= 11 is 0. The highest BCUT2D eigenvalue weighted by Crippen LogP contribution is 2.40. The van der Waals surface area contributed by atoms with E-state index in [0.29, 0.717) is 17.9 Å². The number of allylic oxidation sites excluding steroid dienone is 2. The smallest absolute Gasteiger partial charge is 0.134 e. The van der Waals surface area contributed by atoms with E-state index in [0.717, 1.165) is 41.9 Å². The Labute approximate surface area is 156 Å². The van der Waals surface area contributed by atoms with Gasteiger partial charge in [0.2, 0.25) is 0 Å². The third kappa shape index (κ3) is 4.35. The van der Waals surface area contributed by atoms with Crippen molar-refractivity contribution in [1.82, 2.24) is 0 Å². The van der Waals surface area contributed by atoms with Gasteiger partial charge >= 0.3 is 0 Å². The highest BCUT2D eigenvalue weighted by molar-refractivity contribution is 5.85. The van der Waals surface area contributed by atoms with E-state index in [1.165, 1.54) is 19.3 Å². The van der Waals surface area contributed by atoms with Crippen molar-refractivity contribution in [3.63, 3.8) is 0 Å². The van der Waals surface area contributed by atoms with E-state index in [1.54, 1.807) is 0 Å². The molecule has 1 nitrogen and oxygen atoms in total. The van der Waals surface area contributed by atoms with E-state index in [2.05, 4.69) is 6.58 Å². The summed E-state index contributed by atoms with van der Waals surface area (Å²) in [7, 11) is 0. The number of fused-ring (bicyclic) bond motifs is 1. The molecule has 0 heterocycles. The zero-order chi connectivity index (χ0) is 18.4. The standard InChI is InChI=1S/C24H29FO/c1-3-5-7-18-8-10-19(11-9-18)22-14-12-20-17-21(26-16-6-4-2)13-15-23(20)24(22)25/h3-4,6,12-15,17-19H,1,5,7-11,16H2,2H3. The lowest BCUT2D eigenvalue weighted by molar-refractivity contribution is 0.308. The third-order valence-electron chi connectivity index (χ3n) is 5.60. The molecule has 0 saturated heterocycles. The van der Waals surface area contributed by atoms with Crippen LogP contribution in [0.3, 0.4) is 0 Å². The molecule has 0 amide bonds. The van der Waals surface area contributed by atoms with E-state index < -0.39 is 0 Å². The lowest BCUT2D eigenvalue weighted by Crippen LogP contribution is -2.14. The van der Waals surface area contributed by atoms with E-state index in [4.69, 9.17) is 4.74 Å². The summed E-state index contributed by atoms with van der Waals surface area (Å²) in [6.07, 6.45) is 12.8. The zero-order valence-electron chi connectivity index (χ0n) is 15.7. The Morgan fingerprint density at radius 3 is 2.69 bits per heavy atom. The second kappa shape index (κ2) is 9.02. The van der Waals surface area contributed by atoms with Crippen molar-refractivity contribution in [3.05, 3.63) is 66.5 Å². The van der Waals surface area contributed by atoms with Crippen LogP contribution in [-0.4, -0.2) is 6.61 Å². The molecule has 0 aliphatic heterocycles. The van der Waals surface area contributed by atoms with Crippen LogP contribution in [0.2, 0.25) is 0 Å². The average Bonchev–Trinajstić information content (AvgIpc) is 2.67. The molecule has 2 aromatic rings. The fourth-order valence-corrected chi connectivity index (χ4v) is 4.05. The molecular formula is C24H29FO. The molecule has 1 saturated carbocycles. The summed E-state index contributed by atoms with van der Waals surface area (Å²) in [4.78, 5) is 0. The summed E-state index contributed by atoms with van der Waals surface area (Å²) < 4.78 is 20.8. The Bertz CT molecular complexity index is 769. The number of halogens is 1. The molecule has 0 radical (unpaired) electrons. The van der Waals surface area contributed by atoms with Gasteiger partial charge in [0.25, 0.3) is 0 Å². The van der Waals surface area contributed by atoms with Crippen molar-refractivity contribution in [2.45, 2.75) is 51.4 Å². The lowest BCUT2D eigenvalue weighted by atomic mass is 9.77. The van der Waals surface area contributed by atoms with Crippen molar-refractivity contribution in [2.75, 3.05) is 6.61 Å². The van der Waals surface area contributed by atoms with Crippen LogP contribution in [0, 0.1) is 11.7 Å². The largest absolute Gasteiger partial charge is 0.490 e. The van der Waals surface area contributed by atoms with Crippen molar-refractivity contribution in [3.8, 4) is 5.75 Å². The normalized spacial score (nSPS) is 20.5. The van der Waals surface area contributed by atoms with E-state index in [1.807, 2.05) is 55.5 Å². The van der Waals surface area contributed by atoms with Gasteiger partial charge in [-0.25, -0.2) is 4.39 Å². The molecule has 1 aliphatic rings. The van der Waals surface area contributed by atoms with E-state index in [9.17, 15) is 0 Å². The quantitative estimate of drug-likeness (QED) is 0.480. The molecule has 1 aliphatic carbocycles. The topological polar surface area (TPSA) is 9.23 Å². The maximum atomic E-state index is 15.1. The fraction of sp³-hybridized carbons (Fsp3) is 0.417. The van der Waals surface area contributed by atoms with E-state index in [-0.39, 0.29) is 5.82 Å². The molecule has 0 bridgehead atoms. The van der Waals surface area contributed by atoms with Gasteiger partial charge in [-0.3, -0.25) is 0 Å². The molecule has 3 rings (SSSR count). The van der Waals surface area contributed by atoms with Gasteiger partial charge in [0, 0.05) is 5.39 Å². The summed E-state index contributed by atoms with van der Waals surface area (Å²) in [5.74, 6) is 1.87. The first-order valence-electron chi connectivity index (χ1n) is 9.80. The monoisotopic (exact) mass is 352 g/mol. The van der Waals surface area contributed by atoms with Crippen LogP contribution in [0.1, 0.15) is 56.9 Å². The minimum atomic E-state index is -0.0444. The highest BCUT2D eigenvalue weighted by atomic mass is 19.1. The first kappa shape index (κ1) is 18.7. The number of hydrogen-bond donors (Lipinski definition) is 0. The number of benzene rings is 2. The van der Waals surface area contributed by atoms with Crippen molar-refractivity contribution < 1.29 is 9.13 Å². The Morgan fingerprint density at radius 1 is 1.15 bits per heavy atom. The van der Waals surface area contributed by atoms with Crippen LogP contribution in [0.4, 0.5) is 4.39 Å². The van der Waals surface area contributed by atoms with Gasteiger partial charge in [0.15, 0.2) is 0 Å². The maximum absolute atomic E-state index is 15.1. The number of rotatable bonds is 7. The summed E-state index contributed by atoms with van der Waals surface area (Å²) in [6.45, 7) is 6.32. The molecule has 0 atom stereocenters. The maximum Gasteiger partial charge on any atom is 0.134 e. The van der Waals surface area contributed by atoms with Gasteiger partial charge < -0.3 is 4.74 Å². The Hall–Kier alpha value is -2.09. The number of hydrogen-bond acceptors (Lipinski definition) is 1. The molecule has 0 N–H and O–H groups in total. The molecule has 2 aromatic carbocycles. The lowest BCUT2D eigenvalue weighted by Gasteiger charge is -2.29. The molecular weight excluding hydrogens is 323 g/mol. The summed E-state index contributed by atoms with van der Waals surface area (Å²) in [5, 5.41) is 1.61. The van der Waals surface area contributed by atoms with Crippen LogP contribution in [0.25, 0.3) is 10.8 Å². The highest BCUT2D eigenvalue weighted by Gasteiger charge is 2.24. The van der Waals surface area contributed by atoms with Crippen LogP contribution in [0.15, 0.2) is 55.1 Å². The van der Waals surface area contributed by atoms with Gasteiger partial charge in [-0.2, -0.15) is 0 Å². The molecule has 138 valence electrons. The van der Waals surface area contributed by atoms with E-state index >= 15 is 4.39 Å². The van der Waals surface area contributed by atoms with Crippen molar-refractivity contribution in [2.24, 2.45) is 5.92 Å². The minimum Gasteiger partial charge on any atom is -0.490 e. The molecule has 26 heavy (non-hydrogen) atoms. The van der Waals surface area contributed by atoms with Crippen LogP contribution in [0.5, 0.6) is 5.75 Å². The molecule has 0 spiro atoms.